The molecule has 1 aliphatic rings. The van der Waals surface area contributed by atoms with E-state index in [2.05, 4.69) is 10.4 Å². The third kappa shape index (κ3) is 3.88. The summed E-state index contributed by atoms with van der Waals surface area (Å²) in [6, 6.07) is 12.8. The van der Waals surface area contributed by atoms with Gasteiger partial charge < -0.3 is 5.32 Å². The van der Waals surface area contributed by atoms with Crippen LogP contribution >= 0.6 is 11.6 Å². The van der Waals surface area contributed by atoms with Gasteiger partial charge in [-0.15, -0.1) is 0 Å². The summed E-state index contributed by atoms with van der Waals surface area (Å²) in [5.41, 5.74) is 3.53. The second-order valence-corrected chi connectivity index (χ2v) is 6.42. The molecule has 1 N–H and O–H groups in total. The average Bonchev–Trinajstić information content (AvgIpc) is 2.58. The summed E-state index contributed by atoms with van der Waals surface area (Å²) in [6.45, 7) is 3.83. The summed E-state index contributed by atoms with van der Waals surface area (Å²) in [7, 11) is 0. The molecule has 0 bridgehead atoms. The molecular weight excluding hydrogens is 338 g/mol. The number of rotatable bonds is 3. The van der Waals surface area contributed by atoms with Crippen LogP contribution in [0.15, 0.2) is 47.6 Å². The molecular formula is C19H18ClN3O2. The molecule has 1 aliphatic heterocycles. The Labute approximate surface area is 151 Å². The first-order chi connectivity index (χ1) is 11.9. The highest BCUT2D eigenvalue weighted by atomic mass is 35.5. The summed E-state index contributed by atoms with van der Waals surface area (Å²) < 4.78 is 0. The molecule has 25 heavy (non-hydrogen) atoms. The van der Waals surface area contributed by atoms with E-state index >= 15 is 0 Å². The first-order valence-corrected chi connectivity index (χ1v) is 8.36. The second kappa shape index (κ2) is 7.07. The second-order valence-electron chi connectivity index (χ2n) is 6.01. The molecule has 2 aromatic rings. The zero-order valence-electron chi connectivity index (χ0n) is 14.0. The van der Waals surface area contributed by atoms with Gasteiger partial charge in [-0.1, -0.05) is 29.8 Å². The van der Waals surface area contributed by atoms with Crippen LogP contribution in [0.25, 0.3) is 0 Å². The van der Waals surface area contributed by atoms with Crippen molar-refractivity contribution in [3.05, 3.63) is 58.6 Å². The number of anilines is 2. The SMILES string of the molecule is Cc1cccc(N2N=C(C(=O)Nc3ccc(C)c(Cl)c3)CCC2=O)c1. The summed E-state index contributed by atoms with van der Waals surface area (Å²) in [5.74, 6) is -0.453. The van der Waals surface area contributed by atoms with Crippen LogP contribution in [0, 0.1) is 13.8 Å². The lowest BCUT2D eigenvalue weighted by Gasteiger charge is -2.23. The van der Waals surface area contributed by atoms with Crippen LogP contribution in [-0.4, -0.2) is 17.5 Å². The van der Waals surface area contributed by atoms with Gasteiger partial charge in [-0.2, -0.15) is 5.10 Å². The number of benzene rings is 2. The lowest BCUT2D eigenvalue weighted by atomic mass is 10.1. The topological polar surface area (TPSA) is 61.8 Å². The van der Waals surface area contributed by atoms with Crippen molar-refractivity contribution in [3.8, 4) is 0 Å². The Hall–Kier alpha value is -2.66. The van der Waals surface area contributed by atoms with Crippen LogP contribution in [0.4, 0.5) is 11.4 Å². The molecule has 2 amide bonds. The highest BCUT2D eigenvalue weighted by molar-refractivity contribution is 6.44. The van der Waals surface area contributed by atoms with E-state index in [0.29, 0.717) is 28.5 Å². The molecule has 0 spiro atoms. The van der Waals surface area contributed by atoms with Crippen molar-refractivity contribution in [3.63, 3.8) is 0 Å². The molecule has 2 aromatic carbocycles. The molecule has 128 valence electrons. The van der Waals surface area contributed by atoms with Gasteiger partial charge >= 0.3 is 0 Å². The van der Waals surface area contributed by atoms with E-state index in [4.69, 9.17) is 11.6 Å². The van der Waals surface area contributed by atoms with Gasteiger partial charge in [0.1, 0.15) is 5.71 Å². The van der Waals surface area contributed by atoms with Gasteiger partial charge in [-0.25, -0.2) is 5.01 Å². The van der Waals surface area contributed by atoms with E-state index in [0.717, 1.165) is 11.1 Å². The molecule has 0 aromatic heterocycles. The largest absolute Gasteiger partial charge is 0.321 e. The number of halogens is 1. The number of hydrogen-bond acceptors (Lipinski definition) is 3. The summed E-state index contributed by atoms with van der Waals surface area (Å²) in [6.07, 6.45) is 0.557. The third-order valence-corrected chi connectivity index (χ3v) is 4.38. The standard InChI is InChI=1S/C19H18ClN3O2/c1-12-4-3-5-15(10-12)23-18(24)9-8-17(22-23)19(25)21-14-7-6-13(2)16(20)11-14/h3-7,10-11H,8-9H2,1-2H3,(H,21,25). The van der Waals surface area contributed by atoms with Crippen molar-refractivity contribution in [2.24, 2.45) is 5.10 Å². The third-order valence-electron chi connectivity index (χ3n) is 3.97. The minimum absolute atomic E-state index is 0.125. The number of hydrogen-bond donors (Lipinski definition) is 1. The Morgan fingerprint density at radius 1 is 1.16 bits per heavy atom. The predicted octanol–water partition coefficient (Wildman–Crippen LogP) is 4.08. The number of nitrogens with one attached hydrogen (secondary N) is 1. The number of carbonyl (C=O) groups is 2. The predicted molar refractivity (Wildman–Crippen MR) is 100 cm³/mol. The maximum Gasteiger partial charge on any atom is 0.271 e. The minimum Gasteiger partial charge on any atom is -0.321 e. The number of hydrazone groups is 1. The smallest absolute Gasteiger partial charge is 0.271 e. The van der Waals surface area contributed by atoms with Crippen molar-refractivity contribution >= 4 is 40.5 Å². The van der Waals surface area contributed by atoms with E-state index in [9.17, 15) is 9.59 Å². The summed E-state index contributed by atoms with van der Waals surface area (Å²) in [5, 5.41) is 8.93. The molecule has 3 rings (SSSR count). The first-order valence-electron chi connectivity index (χ1n) is 7.98. The fourth-order valence-corrected chi connectivity index (χ4v) is 2.73. The van der Waals surface area contributed by atoms with Gasteiger partial charge in [0.15, 0.2) is 0 Å². The first kappa shape index (κ1) is 17.2. The molecule has 6 heteroatoms. The van der Waals surface area contributed by atoms with Crippen molar-refractivity contribution in [1.29, 1.82) is 0 Å². The van der Waals surface area contributed by atoms with Crippen molar-refractivity contribution in [1.82, 2.24) is 0 Å². The fraction of sp³-hybridized carbons (Fsp3) is 0.211. The van der Waals surface area contributed by atoms with Gasteiger partial charge in [0, 0.05) is 23.6 Å². The Kier molecular flexibility index (Phi) is 4.86. The summed E-state index contributed by atoms with van der Waals surface area (Å²) >= 11 is 6.09. The number of nitrogens with zero attached hydrogens (tertiary/aromatic N) is 2. The molecule has 1 heterocycles. The van der Waals surface area contributed by atoms with Crippen molar-refractivity contribution in [2.75, 3.05) is 10.3 Å². The molecule has 5 nitrogen and oxygen atoms in total. The molecule has 0 fully saturated rings. The maximum absolute atomic E-state index is 12.5. The zero-order chi connectivity index (χ0) is 18.0. The van der Waals surface area contributed by atoms with Crippen LogP contribution in [0.2, 0.25) is 5.02 Å². The highest BCUT2D eigenvalue weighted by Gasteiger charge is 2.25. The fourth-order valence-electron chi connectivity index (χ4n) is 2.55. The molecule has 0 unspecified atom stereocenters. The molecule has 0 atom stereocenters. The highest BCUT2D eigenvalue weighted by Crippen LogP contribution is 2.23. The average molecular weight is 356 g/mol. The van der Waals surface area contributed by atoms with Crippen molar-refractivity contribution < 1.29 is 9.59 Å². The number of amides is 2. The minimum atomic E-state index is -0.329. The Balaban J connectivity index is 1.83. The Morgan fingerprint density at radius 3 is 2.68 bits per heavy atom. The van der Waals surface area contributed by atoms with E-state index in [1.807, 2.05) is 38.1 Å². The van der Waals surface area contributed by atoms with Crippen LogP contribution in [0.3, 0.4) is 0 Å². The molecule has 0 aliphatic carbocycles. The normalized spacial score (nSPS) is 14.3. The quantitative estimate of drug-likeness (QED) is 0.901. The van der Waals surface area contributed by atoms with E-state index < -0.39 is 0 Å². The molecule has 0 radical (unpaired) electrons. The zero-order valence-corrected chi connectivity index (χ0v) is 14.8. The Bertz CT molecular complexity index is 877. The summed E-state index contributed by atoms with van der Waals surface area (Å²) in [4.78, 5) is 24.7. The lowest BCUT2D eigenvalue weighted by molar-refractivity contribution is -0.118. The van der Waals surface area contributed by atoms with Crippen molar-refractivity contribution in [2.45, 2.75) is 26.7 Å². The lowest BCUT2D eigenvalue weighted by Crippen LogP contribution is -2.36. The Morgan fingerprint density at radius 2 is 1.96 bits per heavy atom. The van der Waals surface area contributed by atoms with Crippen LogP contribution < -0.4 is 10.3 Å². The van der Waals surface area contributed by atoms with E-state index in [1.165, 1.54) is 5.01 Å². The molecule has 0 saturated carbocycles. The van der Waals surface area contributed by atoms with Gasteiger partial charge in [-0.05, 0) is 49.2 Å². The van der Waals surface area contributed by atoms with Crippen LogP contribution in [0.1, 0.15) is 24.0 Å². The molecule has 0 saturated heterocycles. The van der Waals surface area contributed by atoms with E-state index in [-0.39, 0.29) is 18.2 Å². The van der Waals surface area contributed by atoms with Crippen LogP contribution in [-0.2, 0) is 9.59 Å². The van der Waals surface area contributed by atoms with Gasteiger partial charge in [0.2, 0.25) is 5.91 Å². The van der Waals surface area contributed by atoms with E-state index in [1.54, 1.807) is 18.2 Å². The van der Waals surface area contributed by atoms with Gasteiger partial charge in [-0.3, -0.25) is 9.59 Å². The number of carbonyl (C=O) groups excluding carboxylic acids is 2. The monoisotopic (exact) mass is 355 g/mol. The van der Waals surface area contributed by atoms with Gasteiger partial charge in [0.25, 0.3) is 5.91 Å². The number of aryl methyl sites for hydroxylation is 2. The van der Waals surface area contributed by atoms with Gasteiger partial charge in [0.05, 0.1) is 5.69 Å². The maximum atomic E-state index is 12.5. The van der Waals surface area contributed by atoms with Crippen LogP contribution in [0.5, 0.6) is 0 Å².